The number of fused-ring (bicyclic) bond motifs is 1. The zero-order chi connectivity index (χ0) is 19.4. The lowest BCUT2D eigenvalue weighted by atomic mass is 10.2. The summed E-state index contributed by atoms with van der Waals surface area (Å²) in [6.07, 6.45) is 1.90. The first-order valence-electron chi connectivity index (χ1n) is 8.20. The van der Waals surface area contributed by atoms with E-state index in [9.17, 15) is 13.5 Å². The molecule has 1 aliphatic heterocycles. The molecule has 2 N–H and O–H groups in total. The molecule has 27 heavy (non-hydrogen) atoms. The van der Waals surface area contributed by atoms with Crippen molar-refractivity contribution in [3.63, 3.8) is 0 Å². The number of aliphatic hydroxyl groups is 1. The van der Waals surface area contributed by atoms with Gasteiger partial charge in [0.1, 0.15) is 4.90 Å². The van der Waals surface area contributed by atoms with E-state index < -0.39 is 10.0 Å². The number of aliphatic hydroxyl groups excluding tert-OH is 1. The molecule has 0 saturated heterocycles. The molecule has 2 aromatic rings. The summed E-state index contributed by atoms with van der Waals surface area (Å²) >= 11 is 0. The van der Waals surface area contributed by atoms with Crippen molar-refractivity contribution in [2.45, 2.75) is 11.3 Å². The number of hydrogen-bond acceptors (Lipinski definition) is 7. The summed E-state index contributed by atoms with van der Waals surface area (Å²) in [5.74, 6) is 0.514. The summed E-state index contributed by atoms with van der Waals surface area (Å²) in [5.41, 5.74) is 1.12. The molecule has 0 spiro atoms. The van der Waals surface area contributed by atoms with Crippen LogP contribution < -0.4 is 4.74 Å². The van der Waals surface area contributed by atoms with Crippen molar-refractivity contribution in [1.82, 2.24) is 5.01 Å². The molecule has 0 amide bonds. The normalized spacial score (nSPS) is 14.8. The number of rotatable bonds is 6. The van der Waals surface area contributed by atoms with E-state index in [4.69, 9.17) is 9.84 Å². The summed E-state index contributed by atoms with van der Waals surface area (Å²) in [5, 5.41) is 24.6. The van der Waals surface area contributed by atoms with E-state index in [-0.39, 0.29) is 29.6 Å². The lowest BCUT2D eigenvalue weighted by Gasteiger charge is -2.18. The minimum Gasteiger partial charge on any atom is -0.504 e. The van der Waals surface area contributed by atoms with Crippen molar-refractivity contribution < 1.29 is 23.4 Å². The first-order valence-corrected chi connectivity index (χ1v) is 9.64. The van der Waals surface area contributed by atoms with Gasteiger partial charge in [0.15, 0.2) is 17.3 Å². The van der Waals surface area contributed by atoms with Crippen LogP contribution >= 0.6 is 0 Å². The third-order valence-electron chi connectivity index (χ3n) is 3.94. The highest BCUT2D eigenvalue weighted by molar-refractivity contribution is 7.90. The number of benzene rings is 2. The summed E-state index contributed by atoms with van der Waals surface area (Å²) in [6, 6.07) is 11.3. The van der Waals surface area contributed by atoms with E-state index in [0.717, 1.165) is 0 Å². The fraction of sp³-hybridized carbons (Fsp3) is 0.222. The fourth-order valence-electron chi connectivity index (χ4n) is 2.62. The molecule has 0 bridgehead atoms. The number of phenols is 1. The van der Waals surface area contributed by atoms with Crippen LogP contribution in [-0.2, 0) is 10.0 Å². The third kappa shape index (κ3) is 3.93. The average molecular weight is 389 g/mol. The second kappa shape index (κ2) is 7.77. The molecule has 0 radical (unpaired) electrons. The lowest BCUT2D eigenvalue weighted by Crippen LogP contribution is -2.27. The smallest absolute Gasteiger partial charge is 0.285 e. The van der Waals surface area contributed by atoms with E-state index in [1.54, 1.807) is 30.3 Å². The Morgan fingerprint density at radius 2 is 2.04 bits per heavy atom. The average Bonchev–Trinajstić information content (AvgIpc) is 2.94. The van der Waals surface area contributed by atoms with Crippen LogP contribution in [0.15, 0.2) is 56.9 Å². The molecule has 142 valence electrons. The first kappa shape index (κ1) is 18.9. The van der Waals surface area contributed by atoms with Crippen molar-refractivity contribution in [3.8, 4) is 11.5 Å². The monoisotopic (exact) mass is 389 g/mol. The van der Waals surface area contributed by atoms with Crippen LogP contribution in [0.4, 0.5) is 0 Å². The largest absolute Gasteiger partial charge is 0.504 e. The van der Waals surface area contributed by atoms with Gasteiger partial charge in [-0.05, 0) is 42.3 Å². The SMILES string of the molecule is COc1cc(C=NN(CCCO)C2=NS(=O)(=O)c3ccccc32)ccc1O. The Bertz CT molecular complexity index is 1000. The van der Waals surface area contributed by atoms with E-state index in [1.165, 1.54) is 30.5 Å². The quantitative estimate of drug-likeness (QED) is 0.573. The number of methoxy groups -OCH3 is 1. The minimum absolute atomic E-state index is 0.00646. The molecule has 0 atom stereocenters. The molecule has 0 fully saturated rings. The van der Waals surface area contributed by atoms with Gasteiger partial charge in [0.25, 0.3) is 10.0 Å². The maximum absolute atomic E-state index is 12.3. The highest BCUT2D eigenvalue weighted by Gasteiger charge is 2.31. The highest BCUT2D eigenvalue weighted by Crippen LogP contribution is 2.28. The molecule has 0 saturated carbocycles. The topological polar surface area (TPSA) is 112 Å². The molecule has 9 heteroatoms. The zero-order valence-electron chi connectivity index (χ0n) is 14.6. The van der Waals surface area contributed by atoms with Gasteiger partial charge in [-0.3, -0.25) is 0 Å². The third-order valence-corrected chi connectivity index (χ3v) is 5.26. The lowest BCUT2D eigenvalue weighted by molar-refractivity contribution is 0.269. The van der Waals surface area contributed by atoms with Crippen molar-refractivity contribution in [3.05, 3.63) is 53.6 Å². The second-order valence-electron chi connectivity index (χ2n) is 5.76. The Morgan fingerprint density at radius 1 is 1.26 bits per heavy atom. The molecular weight excluding hydrogens is 370 g/mol. The number of ether oxygens (including phenoxy) is 1. The summed E-state index contributed by atoms with van der Waals surface area (Å²) in [6.45, 7) is 0.214. The number of phenolic OH excluding ortho intramolecular Hbond substituents is 1. The van der Waals surface area contributed by atoms with Gasteiger partial charge in [0, 0.05) is 18.7 Å². The molecule has 0 aliphatic carbocycles. The molecule has 0 unspecified atom stereocenters. The van der Waals surface area contributed by atoms with Gasteiger partial charge < -0.3 is 14.9 Å². The van der Waals surface area contributed by atoms with Gasteiger partial charge in [-0.25, -0.2) is 5.01 Å². The van der Waals surface area contributed by atoms with Crippen molar-refractivity contribution in [2.24, 2.45) is 9.50 Å². The molecular formula is C18H19N3O5S. The van der Waals surface area contributed by atoms with Crippen LogP contribution in [0.1, 0.15) is 17.5 Å². The van der Waals surface area contributed by atoms with Crippen LogP contribution in [0.25, 0.3) is 0 Å². The second-order valence-corrected chi connectivity index (χ2v) is 7.33. The van der Waals surface area contributed by atoms with Gasteiger partial charge in [0.2, 0.25) is 0 Å². The molecule has 8 nitrogen and oxygen atoms in total. The van der Waals surface area contributed by atoms with Crippen LogP contribution in [-0.4, -0.2) is 56.0 Å². The van der Waals surface area contributed by atoms with E-state index in [1.807, 2.05) is 0 Å². The summed E-state index contributed by atoms with van der Waals surface area (Å²) in [4.78, 5) is 0.135. The number of hydrogen-bond donors (Lipinski definition) is 2. The van der Waals surface area contributed by atoms with Crippen molar-refractivity contribution in [2.75, 3.05) is 20.3 Å². The van der Waals surface area contributed by atoms with Gasteiger partial charge in [-0.15, -0.1) is 4.40 Å². The predicted molar refractivity (Wildman–Crippen MR) is 101 cm³/mol. The minimum atomic E-state index is -3.77. The zero-order valence-corrected chi connectivity index (χ0v) is 15.4. The van der Waals surface area contributed by atoms with Crippen LogP contribution in [0.2, 0.25) is 0 Å². The molecule has 3 rings (SSSR count). The van der Waals surface area contributed by atoms with Crippen LogP contribution in [0.3, 0.4) is 0 Å². The molecule has 1 aliphatic rings. The summed E-state index contributed by atoms with van der Waals surface area (Å²) < 4.78 is 33.5. The Morgan fingerprint density at radius 3 is 2.78 bits per heavy atom. The Labute approximate surface area is 157 Å². The number of amidine groups is 1. The molecule has 0 aromatic heterocycles. The number of hydrazone groups is 1. The number of aromatic hydroxyl groups is 1. The summed E-state index contributed by atoms with van der Waals surface area (Å²) in [7, 11) is -2.32. The van der Waals surface area contributed by atoms with Gasteiger partial charge in [-0.1, -0.05) is 12.1 Å². The number of nitrogens with zero attached hydrogens (tertiary/aromatic N) is 3. The van der Waals surface area contributed by atoms with Gasteiger partial charge in [0.05, 0.1) is 13.3 Å². The van der Waals surface area contributed by atoms with Crippen molar-refractivity contribution >= 4 is 22.1 Å². The van der Waals surface area contributed by atoms with Gasteiger partial charge in [-0.2, -0.15) is 13.5 Å². The Kier molecular flexibility index (Phi) is 5.43. The van der Waals surface area contributed by atoms with Crippen LogP contribution in [0, 0.1) is 0 Å². The molecule has 1 heterocycles. The van der Waals surface area contributed by atoms with E-state index in [0.29, 0.717) is 23.3 Å². The molecule has 2 aromatic carbocycles. The van der Waals surface area contributed by atoms with Crippen LogP contribution in [0.5, 0.6) is 11.5 Å². The first-order chi connectivity index (χ1) is 13.0. The van der Waals surface area contributed by atoms with E-state index >= 15 is 0 Å². The predicted octanol–water partition coefficient (Wildman–Crippen LogP) is 1.57. The Hall–Kier alpha value is -2.91. The Balaban J connectivity index is 1.96. The standard InChI is InChI=1S/C18H19N3O5S/c1-26-16-11-13(7-8-15(16)23)12-19-21(9-4-10-22)18-14-5-2-3-6-17(14)27(24,25)20-18/h2-3,5-8,11-12,22-23H,4,9-10H2,1H3. The number of sulfonamides is 1. The van der Waals surface area contributed by atoms with Gasteiger partial charge >= 0.3 is 0 Å². The van der Waals surface area contributed by atoms with Crippen molar-refractivity contribution in [1.29, 1.82) is 0 Å². The highest BCUT2D eigenvalue weighted by atomic mass is 32.2. The van der Waals surface area contributed by atoms with E-state index in [2.05, 4.69) is 9.50 Å². The fourth-order valence-corrected chi connectivity index (χ4v) is 3.83. The maximum Gasteiger partial charge on any atom is 0.285 e. The maximum atomic E-state index is 12.3.